The number of carbonyl (C=O) groups excluding carboxylic acids is 1. The molecule has 0 atom stereocenters. The first kappa shape index (κ1) is 14.4. The molecular formula is C13H12N2O3S2. The fourth-order valence-corrected chi connectivity index (χ4v) is 2.95. The second-order valence-corrected chi connectivity index (χ2v) is 5.90. The third-order valence-corrected chi connectivity index (χ3v) is 4.16. The summed E-state index contributed by atoms with van der Waals surface area (Å²) in [5, 5.41) is 16.0. The van der Waals surface area contributed by atoms with Crippen LogP contribution in [-0.4, -0.2) is 22.0 Å². The van der Waals surface area contributed by atoms with Crippen molar-refractivity contribution in [3.63, 3.8) is 0 Å². The van der Waals surface area contributed by atoms with Gasteiger partial charge in [-0.15, -0.1) is 22.7 Å². The highest BCUT2D eigenvalue weighted by molar-refractivity contribution is 7.12. The second-order valence-electron chi connectivity index (χ2n) is 3.92. The van der Waals surface area contributed by atoms with Gasteiger partial charge in [0, 0.05) is 11.5 Å². The molecule has 2 rings (SSSR count). The normalized spacial score (nSPS) is 10.8. The Morgan fingerprint density at radius 1 is 1.45 bits per heavy atom. The maximum absolute atomic E-state index is 12.0. The molecule has 0 spiro atoms. The van der Waals surface area contributed by atoms with E-state index in [4.69, 9.17) is 5.11 Å². The molecule has 2 N–H and O–H groups in total. The molecule has 7 heteroatoms. The zero-order chi connectivity index (χ0) is 14.5. The Balaban J connectivity index is 2.02. The summed E-state index contributed by atoms with van der Waals surface area (Å²) in [6.45, 7) is 2.27. The smallest absolute Gasteiger partial charge is 0.328 e. The zero-order valence-electron chi connectivity index (χ0n) is 10.6. The van der Waals surface area contributed by atoms with Crippen LogP contribution in [0.5, 0.6) is 0 Å². The number of carboxylic acids is 1. The molecule has 0 aliphatic heterocycles. The van der Waals surface area contributed by atoms with Crippen LogP contribution >= 0.6 is 22.7 Å². The fraction of sp³-hybridized carbons (Fsp3) is 0.154. The third kappa shape index (κ3) is 3.75. The van der Waals surface area contributed by atoms with Gasteiger partial charge in [-0.2, -0.15) is 0 Å². The van der Waals surface area contributed by atoms with Crippen LogP contribution in [0, 0.1) is 6.92 Å². The maximum Gasteiger partial charge on any atom is 0.328 e. The van der Waals surface area contributed by atoms with Crippen LogP contribution in [0.2, 0.25) is 0 Å². The first-order valence-electron chi connectivity index (χ1n) is 5.74. The second kappa shape index (κ2) is 6.44. The molecule has 0 saturated carbocycles. The number of rotatable bonds is 5. The summed E-state index contributed by atoms with van der Waals surface area (Å²) < 4.78 is 0. The van der Waals surface area contributed by atoms with Gasteiger partial charge in [0.15, 0.2) is 0 Å². The van der Waals surface area contributed by atoms with Gasteiger partial charge in [0.05, 0.1) is 22.1 Å². The molecule has 20 heavy (non-hydrogen) atoms. The predicted molar refractivity (Wildman–Crippen MR) is 79.0 cm³/mol. The maximum atomic E-state index is 12.0. The van der Waals surface area contributed by atoms with Gasteiger partial charge in [-0.25, -0.2) is 9.78 Å². The molecule has 0 aromatic carbocycles. The van der Waals surface area contributed by atoms with Crippen LogP contribution in [0.4, 0.5) is 0 Å². The van der Waals surface area contributed by atoms with Crippen molar-refractivity contribution in [3.05, 3.63) is 44.0 Å². The quantitative estimate of drug-likeness (QED) is 0.832. The number of nitrogens with zero attached hydrogens (tertiary/aromatic N) is 1. The van der Waals surface area contributed by atoms with E-state index in [-0.39, 0.29) is 5.91 Å². The highest BCUT2D eigenvalue weighted by atomic mass is 32.1. The summed E-state index contributed by atoms with van der Waals surface area (Å²) in [5.41, 5.74) is 1.42. The van der Waals surface area contributed by atoms with Gasteiger partial charge in [0.2, 0.25) is 0 Å². The largest absolute Gasteiger partial charge is 0.478 e. The van der Waals surface area contributed by atoms with Gasteiger partial charge in [0.1, 0.15) is 0 Å². The van der Waals surface area contributed by atoms with Crippen LogP contribution < -0.4 is 5.32 Å². The van der Waals surface area contributed by atoms with Crippen LogP contribution in [0.15, 0.2) is 22.9 Å². The van der Waals surface area contributed by atoms with Gasteiger partial charge in [0.25, 0.3) is 5.91 Å². The number of thiazole rings is 1. The Morgan fingerprint density at radius 2 is 2.25 bits per heavy atom. The van der Waals surface area contributed by atoms with E-state index >= 15 is 0 Å². The van der Waals surface area contributed by atoms with E-state index in [9.17, 15) is 9.59 Å². The lowest BCUT2D eigenvalue weighted by molar-refractivity contribution is -0.131. The molecule has 0 fully saturated rings. The Hall–Kier alpha value is -1.99. The molecule has 0 aliphatic carbocycles. The molecule has 2 heterocycles. The zero-order valence-corrected chi connectivity index (χ0v) is 12.3. The lowest BCUT2D eigenvalue weighted by Crippen LogP contribution is -2.22. The van der Waals surface area contributed by atoms with E-state index in [0.29, 0.717) is 17.0 Å². The monoisotopic (exact) mass is 308 g/mol. The van der Waals surface area contributed by atoms with Crippen molar-refractivity contribution in [2.45, 2.75) is 13.5 Å². The minimum Gasteiger partial charge on any atom is -0.478 e. The van der Waals surface area contributed by atoms with Crippen molar-refractivity contribution in [2.24, 2.45) is 0 Å². The number of thiophene rings is 1. The van der Waals surface area contributed by atoms with Crippen LogP contribution in [-0.2, 0) is 11.3 Å². The van der Waals surface area contributed by atoms with Crippen molar-refractivity contribution in [3.8, 4) is 0 Å². The van der Waals surface area contributed by atoms with E-state index < -0.39 is 5.97 Å². The summed E-state index contributed by atoms with van der Waals surface area (Å²) in [5.74, 6) is -1.27. The standard InChI is InChI=1S/C13H12N2O3S2/c1-8-15-10(7-20-8)6-14-13(18)12-9(4-5-19-12)2-3-11(16)17/h2-5,7H,6H2,1H3,(H,14,18)(H,16,17). The van der Waals surface area contributed by atoms with Gasteiger partial charge in [-0.3, -0.25) is 4.79 Å². The lowest BCUT2D eigenvalue weighted by atomic mass is 10.2. The van der Waals surface area contributed by atoms with Gasteiger partial charge in [-0.05, 0) is 30.0 Å². The average molecular weight is 308 g/mol. The van der Waals surface area contributed by atoms with Crippen molar-refractivity contribution < 1.29 is 14.7 Å². The van der Waals surface area contributed by atoms with Crippen LogP contribution in [0.1, 0.15) is 25.9 Å². The van der Waals surface area contributed by atoms with E-state index in [1.807, 2.05) is 12.3 Å². The van der Waals surface area contributed by atoms with Crippen molar-refractivity contribution >= 4 is 40.6 Å². The van der Waals surface area contributed by atoms with E-state index in [0.717, 1.165) is 16.8 Å². The molecule has 0 bridgehead atoms. The average Bonchev–Trinajstić information content (AvgIpc) is 3.02. The van der Waals surface area contributed by atoms with Gasteiger partial charge >= 0.3 is 5.97 Å². The number of carboxylic acid groups (broad SMARTS) is 1. The minimum absolute atomic E-state index is 0.226. The lowest BCUT2D eigenvalue weighted by Gasteiger charge is -2.02. The van der Waals surface area contributed by atoms with Crippen molar-refractivity contribution in [2.75, 3.05) is 0 Å². The van der Waals surface area contributed by atoms with E-state index in [2.05, 4.69) is 10.3 Å². The summed E-state index contributed by atoms with van der Waals surface area (Å²) >= 11 is 2.81. The van der Waals surface area contributed by atoms with Crippen molar-refractivity contribution in [1.82, 2.24) is 10.3 Å². The molecule has 0 unspecified atom stereocenters. The number of aromatic nitrogens is 1. The number of hydrogen-bond donors (Lipinski definition) is 2. The van der Waals surface area contributed by atoms with Crippen LogP contribution in [0.3, 0.4) is 0 Å². The minimum atomic E-state index is -1.04. The predicted octanol–water partition coefficient (Wildman–Crippen LogP) is 2.54. The van der Waals surface area contributed by atoms with E-state index in [1.54, 1.807) is 11.4 Å². The first-order chi connectivity index (χ1) is 9.56. The molecule has 2 aromatic rings. The molecule has 104 valence electrons. The number of aliphatic carboxylic acids is 1. The summed E-state index contributed by atoms with van der Waals surface area (Å²) in [7, 11) is 0. The number of aryl methyl sites for hydroxylation is 1. The van der Waals surface area contributed by atoms with Crippen molar-refractivity contribution in [1.29, 1.82) is 0 Å². The first-order valence-corrected chi connectivity index (χ1v) is 7.50. The van der Waals surface area contributed by atoms with Gasteiger partial charge in [-0.1, -0.05) is 0 Å². The summed E-state index contributed by atoms with van der Waals surface area (Å²) in [4.78, 5) is 27.3. The molecule has 1 amide bonds. The molecule has 5 nitrogen and oxygen atoms in total. The Labute approximate surface area is 123 Å². The highest BCUT2D eigenvalue weighted by Crippen LogP contribution is 2.18. The third-order valence-electron chi connectivity index (χ3n) is 2.40. The Kier molecular flexibility index (Phi) is 4.65. The molecule has 0 radical (unpaired) electrons. The Morgan fingerprint density at radius 3 is 2.90 bits per heavy atom. The fourth-order valence-electron chi connectivity index (χ4n) is 1.54. The Bertz CT molecular complexity index is 658. The molecule has 0 saturated heterocycles. The summed E-state index contributed by atoms with van der Waals surface area (Å²) in [6.07, 6.45) is 2.43. The number of carbonyl (C=O) groups is 2. The highest BCUT2D eigenvalue weighted by Gasteiger charge is 2.12. The number of nitrogens with one attached hydrogen (secondary N) is 1. The topological polar surface area (TPSA) is 79.3 Å². The SMILES string of the molecule is Cc1nc(CNC(=O)c2sccc2C=CC(=O)O)cs1. The molecule has 0 aliphatic rings. The molecular weight excluding hydrogens is 296 g/mol. The number of amides is 1. The van der Waals surface area contributed by atoms with E-state index in [1.165, 1.54) is 28.7 Å². The number of hydrogen-bond acceptors (Lipinski definition) is 5. The van der Waals surface area contributed by atoms with Crippen LogP contribution in [0.25, 0.3) is 6.08 Å². The summed E-state index contributed by atoms with van der Waals surface area (Å²) in [6, 6.07) is 1.71. The molecule has 2 aromatic heterocycles. The van der Waals surface area contributed by atoms with Gasteiger partial charge < -0.3 is 10.4 Å².